The number of esters is 1. The van der Waals surface area contributed by atoms with Gasteiger partial charge in [-0.05, 0) is 37.1 Å². The van der Waals surface area contributed by atoms with E-state index in [2.05, 4.69) is 15.0 Å². The second-order valence-corrected chi connectivity index (χ2v) is 5.76. The number of amides is 2. The Balaban J connectivity index is 2.09. The molecule has 0 aliphatic heterocycles. The van der Waals surface area contributed by atoms with Gasteiger partial charge in [0.15, 0.2) is 5.69 Å². The third kappa shape index (κ3) is 5.06. The number of benzene rings is 1. The molecule has 1 heterocycles. The van der Waals surface area contributed by atoms with Crippen molar-refractivity contribution in [3.05, 3.63) is 47.2 Å². The molecule has 0 atom stereocenters. The van der Waals surface area contributed by atoms with Gasteiger partial charge in [-0.3, -0.25) is 0 Å². The highest BCUT2D eigenvalue weighted by atomic mass is 16.5. The summed E-state index contributed by atoms with van der Waals surface area (Å²) in [5.74, 6) is -0.361. The number of hydrogen-bond acceptors (Lipinski definition) is 6. The van der Waals surface area contributed by atoms with Gasteiger partial charge in [0.2, 0.25) is 5.89 Å². The lowest BCUT2D eigenvalue weighted by Crippen LogP contribution is -2.37. The van der Waals surface area contributed by atoms with Gasteiger partial charge in [0.25, 0.3) is 0 Å². The maximum Gasteiger partial charge on any atom is 0.360 e. The number of nitrogens with zero attached hydrogens (tertiary/aromatic N) is 2. The van der Waals surface area contributed by atoms with Crippen LogP contribution < -0.4 is 5.32 Å². The summed E-state index contributed by atoms with van der Waals surface area (Å²) in [6, 6.07) is 5.38. The first-order valence-electron chi connectivity index (χ1n) is 8.09. The molecule has 1 N–H and O–H groups in total. The average molecular weight is 361 g/mol. The number of urea groups is 1. The number of aromatic nitrogens is 1. The maximum absolute atomic E-state index is 12.6. The first-order chi connectivity index (χ1) is 12.4. The van der Waals surface area contributed by atoms with E-state index in [0.717, 1.165) is 11.1 Å². The van der Waals surface area contributed by atoms with Gasteiger partial charge in [0.1, 0.15) is 6.26 Å². The number of anilines is 1. The number of aryl methyl sites for hydroxylation is 2. The fourth-order valence-electron chi connectivity index (χ4n) is 2.22. The lowest BCUT2D eigenvalue weighted by Gasteiger charge is -2.21. The predicted molar refractivity (Wildman–Crippen MR) is 95.1 cm³/mol. The minimum absolute atomic E-state index is 0.0590. The second kappa shape index (κ2) is 9.00. The summed E-state index contributed by atoms with van der Waals surface area (Å²) in [6.07, 6.45) is 1.21. The van der Waals surface area contributed by atoms with Crippen LogP contribution in [-0.4, -0.2) is 49.3 Å². The molecule has 26 heavy (non-hydrogen) atoms. The van der Waals surface area contributed by atoms with Gasteiger partial charge in [0, 0.05) is 19.3 Å². The zero-order valence-corrected chi connectivity index (χ0v) is 15.4. The van der Waals surface area contributed by atoms with Crippen molar-refractivity contribution in [3.8, 4) is 0 Å². The molecule has 0 radical (unpaired) electrons. The quantitative estimate of drug-likeness (QED) is 0.762. The molecular formula is C18H23N3O5. The SMILES string of the molecule is COCCN(Cc1nc(C(=O)OC)co1)C(=O)Nc1ccc(C)c(C)c1. The van der Waals surface area contributed by atoms with Crippen molar-refractivity contribution in [1.82, 2.24) is 9.88 Å². The molecule has 0 saturated carbocycles. The summed E-state index contributed by atoms with van der Waals surface area (Å²) in [5, 5.41) is 2.85. The van der Waals surface area contributed by atoms with E-state index < -0.39 is 5.97 Å². The first kappa shape index (κ1) is 19.5. The van der Waals surface area contributed by atoms with Crippen LogP contribution in [0.25, 0.3) is 0 Å². The highest BCUT2D eigenvalue weighted by Crippen LogP contribution is 2.15. The molecule has 0 aliphatic carbocycles. The molecular weight excluding hydrogens is 338 g/mol. The van der Waals surface area contributed by atoms with E-state index in [9.17, 15) is 9.59 Å². The smallest absolute Gasteiger partial charge is 0.360 e. The molecule has 0 aliphatic rings. The Morgan fingerprint density at radius 1 is 1.23 bits per heavy atom. The molecule has 0 bridgehead atoms. The lowest BCUT2D eigenvalue weighted by atomic mass is 10.1. The third-order valence-electron chi connectivity index (χ3n) is 3.88. The molecule has 2 rings (SSSR count). The largest absolute Gasteiger partial charge is 0.464 e. The van der Waals surface area contributed by atoms with Crippen LogP contribution in [0.3, 0.4) is 0 Å². The van der Waals surface area contributed by atoms with E-state index in [0.29, 0.717) is 18.8 Å². The Kier molecular flexibility index (Phi) is 6.74. The zero-order valence-electron chi connectivity index (χ0n) is 15.4. The van der Waals surface area contributed by atoms with E-state index in [4.69, 9.17) is 9.15 Å². The highest BCUT2D eigenvalue weighted by molar-refractivity contribution is 5.89. The van der Waals surface area contributed by atoms with Gasteiger partial charge in [-0.25, -0.2) is 14.6 Å². The van der Waals surface area contributed by atoms with Crippen molar-refractivity contribution >= 4 is 17.7 Å². The Morgan fingerprint density at radius 3 is 2.65 bits per heavy atom. The van der Waals surface area contributed by atoms with Crippen LogP contribution in [0.2, 0.25) is 0 Å². The van der Waals surface area contributed by atoms with E-state index in [1.54, 1.807) is 7.11 Å². The van der Waals surface area contributed by atoms with Crippen molar-refractivity contribution < 1.29 is 23.5 Å². The van der Waals surface area contributed by atoms with Crippen molar-refractivity contribution in [2.45, 2.75) is 20.4 Å². The van der Waals surface area contributed by atoms with Crippen molar-refractivity contribution in [1.29, 1.82) is 0 Å². The summed E-state index contributed by atoms with van der Waals surface area (Å²) in [7, 11) is 2.82. The summed E-state index contributed by atoms with van der Waals surface area (Å²) < 4.78 is 14.9. The van der Waals surface area contributed by atoms with E-state index in [1.165, 1.54) is 18.3 Å². The van der Waals surface area contributed by atoms with Crippen LogP contribution in [0.4, 0.5) is 10.5 Å². The van der Waals surface area contributed by atoms with E-state index >= 15 is 0 Å². The number of oxazole rings is 1. The number of hydrogen-bond donors (Lipinski definition) is 1. The summed E-state index contributed by atoms with van der Waals surface area (Å²) in [4.78, 5) is 29.6. The number of ether oxygens (including phenoxy) is 2. The summed E-state index contributed by atoms with van der Waals surface area (Å²) in [6.45, 7) is 4.77. The molecule has 2 aromatic rings. The van der Waals surface area contributed by atoms with E-state index in [1.807, 2.05) is 32.0 Å². The zero-order chi connectivity index (χ0) is 19.1. The average Bonchev–Trinajstić information content (AvgIpc) is 3.09. The number of nitrogens with one attached hydrogen (secondary N) is 1. The number of carbonyl (C=O) groups is 2. The molecule has 140 valence electrons. The third-order valence-corrected chi connectivity index (χ3v) is 3.88. The van der Waals surface area contributed by atoms with E-state index in [-0.39, 0.29) is 24.2 Å². The van der Waals surface area contributed by atoms with Crippen LogP contribution in [0, 0.1) is 13.8 Å². The van der Waals surface area contributed by atoms with Crippen LogP contribution in [0.1, 0.15) is 27.5 Å². The Morgan fingerprint density at radius 2 is 2.00 bits per heavy atom. The fraction of sp³-hybridized carbons (Fsp3) is 0.389. The molecule has 2 amide bonds. The maximum atomic E-state index is 12.6. The van der Waals surface area contributed by atoms with Crippen LogP contribution in [0.15, 0.2) is 28.9 Å². The van der Waals surface area contributed by atoms with Crippen molar-refractivity contribution in [2.75, 3.05) is 32.7 Å². The number of rotatable bonds is 7. The van der Waals surface area contributed by atoms with Gasteiger partial charge in [-0.2, -0.15) is 0 Å². The molecule has 1 aromatic carbocycles. The molecule has 0 saturated heterocycles. The monoisotopic (exact) mass is 361 g/mol. The van der Waals surface area contributed by atoms with Gasteiger partial charge in [-0.1, -0.05) is 6.07 Å². The van der Waals surface area contributed by atoms with Gasteiger partial charge >= 0.3 is 12.0 Å². The Bertz CT molecular complexity index is 772. The van der Waals surface area contributed by atoms with Gasteiger partial charge in [-0.15, -0.1) is 0 Å². The summed E-state index contributed by atoms with van der Waals surface area (Å²) in [5.41, 5.74) is 2.99. The van der Waals surface area contributed by atoms with Crippen LogP contribution in [-0.2, 0) is 16.0 Å². The minimum Gasteiger partial charge on any atom is -0.464 e. The summed E-state index contributed by atoms with van der Waals surface area (Å²) >= 11 is 0. The lowest BCUT2D eigenvalue weighted by molar-refractivity contribution is 0.0594. The minimum atomic E-state index is -0.594. The molecule has 0 spiro atoms. The molecule has 0 unspecified atom stereocenters. The first-order valence-corrected chi connectivity index (χ1v) is 8.09. The topological polar surface area (TPSA) is 93.9 Å². The van der Waals surface area contributed by atoms with Crippen LogP contribution >= 0.6 is 0 Å². The van der Waals surface area contributed by atoms with Gasteiger partial charge in [0.05, 0.1) is 20.3 Å². The standard InChI is InChI=1S/C18H23N3O5/c1-12-5-6-14(9-13(12)2)19-18(23)21(7-8-24-3)10-16-20-15(11-26-16)17(22)25-4/h5-6,9,11H,7-8,10H2,1-4H3,(H,19,23). The molecule has 8 nitrogen and oxygen atoms in total. The second-order valence-electron chi connectivity index (χ2n) is 5.76. The molecule has 1 aromatic heterocycles. The predicted octanol–water partition coefficient (Wildman–Crippen LogP) is 2.76. The van der Waals surface area contributed by atoms with Gasteiger partial charge < -0.3 is 24.1 Å². The number of methoxy groups -OCH3 is 2. The molecule has 8 heteroatoms. The molecule has 0 fully saturated rings. The Hall–Kier alpha value is -2.87. The van der Waals surface area contributed by atoms with Crippen molar-refractivity contribution in [3.63, 3.8) is 0 Å². The number of carbonyl (C=O) groups excluding carboxylic acids is 2. The van der Waals surface area contributed by atoms with Crippen molar-refractivity contribution in [2.24, 2.45) is 0 Å². The highest BCUT2D eigenvalue weighted by Gasteiger charge is 2.19. The van der Waals surface area contributed by atoms with Crippen LogP contribution in [0.5, 0.6) is 0 Å². The normalized spacial score (nSPS) is 10.5. The Labute approximate surface area is 152 Å². The fourth-order valence-corrected chi connectivity index (χ4v) is 2.22.